The predicted molar refractivity (Wildman–Crippen MR) is 103 cm³/mol. The number of hydrogen-bond donors (Lipinski definition) is 0. The molecule has 5 nitrogen and oxygen atoms in total. The van der Waals surface area contributed by atoms with Gasteiger partial charge in [-0.1, -0.05) is 27.4 Å². The Bertz CT molecular complexity index is 518. The molecule has 1 saturated heterocycles. The summed E-state index contributed by atoms with van der Waals surface area (Å²) >= 11 is 0. The van der Waals surface area contributed by atoms with E-state index in [1.807, 2.05) is 20.8 Å². The molecule has 0 aromatic heterocycles. The van der Waals surface area contributed by atoms with E-state index in [1.54, 1.807) is 4.90 Å². The number of hydrogen-bond acceptors (Lipinski definition) is 4. The number of aldehydes is 1. The van der Waals surface area contributed by atoms with Gasteiger partial charge in [0.1, 0.15) is 17.6 Å². The maximum absolute atomic E-state index is 12.9. The third-order valence-electron chi connectivity index (χ3n) is 4.42. The van der Waals surface area contributed by atoms with Gasteiger partial charge in [0.2, 0.25) is 0 Å². The van der Waals surface area contributed by atoms with Crippen LogP contribution in [0, 0.1) is 11.3 Å². The van der Waals surface area contributed by atoms with Gasteiger partial charge in [0.25, 0.3) is 0 Å². The first kappa shape index (κ1) is 21.9. The highest BCUT2D eigenvalue weighted by Crippen LogP contribution is 2.46. The highest BCUT2D eigenvalue weighted by molar-refractivity contribution is 6.48. The maximum Gasteiger partial charge on any atom is 0.412 e. The quantitative estimate of drug-likeness (QED) is 0.415. The molecule has 6 heteroatoms. The van der Waals surface area contributed by atoms with Crippen LogP contribution in [0.2, 0.25) is 13.1 Å². The van der Waals surface area contributed by atoms with E-state index in [-0.39, 0.29) is 17.4 Å². The molecule has 1 aliphatic heterocycles. The third-order valence-corrected chi connectivity index (χ3v) is 5.33. The van der Waals surface area contributed by atoms with Crippen molar-refractivity contribution in [1.29, 1.82) is 0 Å². The largest absolute Gasteiger partial charge is 0.444 e. The van der Waals surface area contributed by atoms with E-state index in [4.69, 9.17) is 9.16 Å². The van der Waals surface area contributed by atoms with E-state index in [2.05, 4.69) is 40.4 Å². The summed E-state index contributed by atoms with van der Waals surface area (Å²) in [5.74, 6) is 0.257. The van der Waals surface area contributed by atoms with Crippen LogP contribution in [0.3, 0.4) is 0 Å². The van der Waals surface area contributed by atoms with Crippen molar-refractivity contribution in [3.63, 3.8) is 0 Å². The molecule has 1 aliphatic rings. The van der Waals surface area contributed by atoms with Crippen molar-refractivity contribution in [1.82, 2.24) is 4.90 Å². The molecule has 0 radical (unpaired) electrons. The lowest BCUT2D eigenvalue weighted by Crippen LogP contribution is -2.52. The average Bonchev–Trinajstić information content (AvgIpc) is 2.74. The third kappa shape index (κ3) is 5.96. The molecular formula is C19H35NO4Si. The normalized spacial score (nSPS) is 24.5. The summed E-state index contributed by atoms with van der Waals surface area (Å²) in [5, 5.41) is 0. The Kier molecular flexibility index (Phi) is 6.67. The van der Waals surface area contributed by atoms with Crippen LogP contribution in [0.4, 0.5) is 4.79 Å². The first-order valence-corrected chi connectivity index (χ1v) is 11.8. The molecule has 1 amide bonds. The van der Waals surface area contributed by atoms with Gasteiger partial charge in [0.05, 0.1) is 0 Å². The fourth-order valence-electron chi connectivity index (χ4n) is 3.24. The monoisotopic (exact) mass is 369 g/mol. The summed E-state index contributed by atoms with van der Waals surface area (Å²) in [6.45, 7) is 20.6. The Labute approximate surface area is 154 Å². The first-order valence-electron chi connectivity index (χ1n) is 9.01. The number of ether oxygens (including phenoxy) is 1. The first-order chi connectivity index (χ1) is 11.2. The van der Waals surface area contributed by atoms with Crippen LogP contribution in [-0.2, 0) is 14.0 Å². The van der Waals surface area contributed by atoms with Gasteiger partial charge in [-0.05, 0) is 57.2 Å². The fourth-order valence-corrected chi connectivity index (χ4v) is 4.42. The van der Waals surface area contributed by atoms with Crippen LogP contribution in [0.5, 0.6) is 0 Å². The Hall–Kier alpha value is -1.14. The summed E-state index contributed by atoms with van der Waals surface area (Å²) in [4.78, 5) is 25.9. The summed E-state index contributed by atoms with van der Waals surface area (Å²) < 4.78 is 12.0. The van der Waals surface area contributed by atoms with Crippen molar-refractivity contribution in [2.45, 2.75) is 78.8 Å². The lowest BCUT2D eigenvalue weighted by Gasteiger charge is -2.40. The number of amides is 1. The van der Waals surface area contributed by atoms with Crippen LogP contribution in [-0.4, -0.2) is 44.2 Å². The highest BCUT2D eigenvalue weighted by Gasteiger charge is 2.53. The molecule has 0 aliphatic carbocycles. The Morgan fingerprint density at radius 3 is 2.24 bits per heavy atom. The smallest absolute Gasteiger partial charge is 0.412 e. The lowest BCUT2D eigenvalue weighted by molar-refractivity contribution is -0.107. The topological polar surface area (TPSA) is 55.8 Å². The van der Waals surface area contributed by atoms with Crippen molar-refractivity contribution in [3.05, 3.63) is 12.2 Å². The molecule has 0 saturated carbocycles. The molecule has 0 aromatic carbocycles. The molecule has 1 rings (SSSR count). The zero-order valence-electron chi connectivity index (χ0n) is 17.1. The average molecular weight is 370 g/mol. The van der Waals surface area contributed by atoms with Gasteiger partial charge < -0.3 is 9.16 Å². The zero-order valence-corrected chi connectivity index (χ0v) is 18.3. The minimum Gasteiger partial charge on any atom is -0.444 e. The molecular weight excluding hydrogens is 334 g/mol. The van der Waals surface area contributed by atoms with E-state index in [1.165, 1.54) is 0 Å². The highest BCUT2D eigenvalue weighted by atomic mass is 28.3. The van der Waals surface area contributed by atoms with E-state index in [9.17, 15) is 9.59 Å². The molecule has 2 atom stereocenters. The number of rotatable bonds is 5. The second-order valence-electron chi connectivity index (χ2n) is 9.42. The van der Waals surface area contributed by atoms with Crippen molar-refractivity contribution in [2.24, 2.45) is 11.3 Å². The van der Waals surface area contributed by atoms with Crippen molar-refractivity contribution in [3.8, 4) is 0 Å². The summed E-state index contributed by atoms with van der Waals surface area (Å²) in [7, 11) is -1.48. The number of likely N-dealkylation sites (tertiary alicyclic amines) is 1. The summed E-state index contributed by atoms with van der Waals surface area (Å²) in [6, 6.07) is 0. The van der Waals surface area contributed by atoms with E-state index >= 15 is 0 Å². The minimum atomic E-state index is -1.48. The van der Waals surface area contributed by atoms with Crippen LogP contribution in [0.1, 0.15) is 54.4 Å². The van der Waals surface area contributed by atoms with Gasteiger partial charge in [-0.2, -0.15) is 0 Å². The Balaban J connectivity index is 3.29. The second-order valence-corrected chi connectivity index (χ2v) is 11.8. The molecule has 0 spiro atoms. The van der Waals surface area contributed by atoms with Crippen LogP contribution in [0.25, 0.3) is 0 Å². The van der Waals surface area contributed by atoms with Crippen LogP contribution < -0.4 is 0 Å². The van der Waals surface area contributed by atoms with Gasteiger partial charge in [-0.15, -0.1) is 0 Å². The summed E-state index contributed by atoms with van der Waals surface area (Å²) in [6.07, 6.45) is 1.39. The van der Waals surface area contributed by atoms with E-state index in [0.717, 1.165) is 6.29 Å². The molecule has 0 bridgehead atoms. The maximum atomic E-state index is 12.9. The SMILES string of the molecule is C=C(C=O)C[C@@]1(O[SiH](C)C)C[C@H](C(C)(C)C)CN1C(=O)OC(C)(C)C. The molecule has 144 valence electrons. The fraction of sp³-hybridized carbons (Fsp3) is 0.789. The number of nitrogens with zero attached hydrogens (tertiary/aromatic N) is 1. The van der Waals surface area contributed by atoms with Gasteiger partial charge >= 0.3 is 6.09 Å². The molecule has 0 unspecified atom stereocenters. The molecule has 0 aromatic rings. The number of carbonyl (C=O) groups excluding carboxylic acids is 2. The zero-order chi connectivity index (χ0) is 19.6. The van der Waals surface area contributed by atoms with Crippen LogP contribution in [0.15, 0.2) is 12.2 Å². The van der Waals surface area contributed by atoms with Gasteiger partial charge in [-0.3, -0.25) is 9.69 Å². The minimum absolute atomic E-state index is 0.0203. The summed E-state index contributed by atoms with van der Waals surface area (Å²) in [5.41, 5.74) is -0.956. The molecule has 1 fully saturated rings. The predicted octanol–water partition coefficient (Wildman–Crippen LogP) is 4.13. The standard InChI is InChI=1S/C19H35NO4Si/c1-14(13-21)10-19(24-25(8)9)11-15(17(2,3)4)12-20(19)16(22)23-18(5,6)7/h13,15,25H,1,10-12H2,2-9H3/t15-,19+/m0/s1. The number of carbonyl (C=O) groups is 2. The molecule has 0 N–H and O–H groups in total. The van der Waals surface area contributed by atoms with Crippen LogP contribution >= 0.6 is 0 Å². The van der Waals surface area contributed by atoms with Crippen molar-refractivity contribution < 1.29 is 18.8 Å². The Morgan fingerprint density at radius 2 is 1.84 bits per heavy atom. The second kappa shape index (κ2) is 7.62. The van der Waals surface area contributed by atoms with Gasteiger partial charge in [-0.25, -0.2) is 4.79 Å². The molecule has 25 heavy (non-hydrogen) atoms. The van der Waals surface area contributed by atoms with Gasteiger partial charge in [0, 0.05) is 13.0 Å². The van der Waals surface area contributed by atoms with E-state index in [0.29, 0.717) is 25.0 Å². The van der Waals surface area contributed by atoms with E-state index < -0.39 is 20.4 Å². The Morgan fingerprint density at radius 1 is 1.28 bits per heavy atom. The molecule has 1 heterocycles. The lowest BCUT2D eigenvalue weighted by atomic mass is 9.78. The van der Waals surface area contributed by atoms with Gasteiger partial charge in [0.15, 0.2) is 9.04 Å². The van der Waals surface area contributed by atoms with Crippen molar-refractivity contribution in [2.75, 3.05) is 6.54 Å². The van der Waals surface area contributed by atoms with Crippen molar-refractivity contribution >= 4 is 21.4 Å².